The van der Waals surface area contributed by atoms with Crippen molar-refractivity contribution in [3.05, 3.63) is 34.4 Å². The van der Waals surface area contributed by atoms with Crippen LogP contribution in [-0.2, 0) is 10.0 Å². The van der Waals surface area contributed by atoms with Crippen LogP contribution in [0.5, 0.6) is 0 Å². The Labute approximate surface area is 98.3 Å². The number of hydrogen-bond acceptors (Lipinski definition) is 5. The molecule has 0 spiro atoms. The lowest BCUT2D eigenvalue weighted by molar-refractivity contribution is -0.387. The van der Waals surface area contributed by atoms with Gasteiger partial charge in [-0.25, -0.2) is 13.1 Å². The summed E-state index contributed by atoms with van der Waals surface area (Å²) in [4.78, 5) is 9.55. The summed E-state index contributed by atoms with van der Waals surface area (Å²) in [5.41, 5.74) is -0.469. The molecular formula is C9H12N2O5S. The first-order valence-corrected chi connectivity index (χ1v) is 6.31. The molecule has 0 fully saturated rings. The van der Waals surface area contributed by atoms with Crippen LogP contribution in [0, 0.1) is 10.1 Å². The smallest absolute Gasteiger partial charge is 0.289 e. The number of hydrogen-bond donors (Lipinski definition) is 2. The minimum atomic E-state index is -3.91. The summed E-state index contributed by atoms with van der Waals surface area (Å²) >= 11 is 0. The van der Waals surface area contributed by atoms with E-state index in [1.54, 1.807) is 0 Å². The standard InChI is InChI=1S/C9H12N2O5S/c12-7-3-6-10-17(15,16)9-5-2-1-4-8(9)11(13)14/h1-2,4-5,10,12H,3,6-7H2. The van der Waals surface area contributed by atoms with Crippen LogP contribution in [0.25, 0.3) is 0 Å². The van der Waals surface area contributed by atoms with E-state index in [0.717, 1.165) is 6.07 Å². The molecule has 0 heterocycles. The summed E-state index contributed by atoms with van der Waals surface area (Å²) in [5.74, 6) is 0. The van der Waals surface area contributed by atoms with Gasteiger partial charge < -0.3 is 5.11 Å². The molecule has 7 nitrogen and oxygen atoms in total. The maximum Gasteiger partial charge on any atom is 0.289 e. The Morgan fingerprint density at radius 1 is 1.35 bits per heavy atom. The average molecular weight is 260 g/mol. The molecule has 2 N–H and O–H groups in total. The van der Waals surface area contributed by atoms with Crippen LogP contribution in [-0.4, -0.2) is 31.6 Å². The molecule has 0 aliphatic heterocycles. The van der Waals surface area contributed by atoms with Gasteiger partial charge in [-0.05, 0) is 12.5 Å². The second kappa shape index (κ2) is 5.71. The molecule has 0 amide bonds. The number of para-hydroxylation sites is 1. The van der Waals surface area contributed by atoms with E-state index in [1.165, 1.54) is 18.2 Å². The second-order valence-electron chi connectivity index (χ2n) is 3.20. The Morgan fingerprint density at radius 3 is 2.59 bits per heavy atom. The van der Waals surface area contributed by atoms with Crippen LogP contribution < -0.4 is 4.72 Å². The van der Waals surface area contributed by atoms with Crippen LogP contribution in [0.2, 0.25) is 0 Å². The molecule has 0 aromatic heterocycles. The average Bonchev–Trinajstić information content (AvgIpc) is 2.29. The molecule has 17 heavy (non-hydrogen) atoms. The van der Waals surface area contributed by atoms with Gasteiger partial charge >= 0.3 is 0 Å². The molecule has 0 unspecified atom stereocenters. The van der Waals surface area contributed by atoms with Gasteiger partial charge in [-0.1, -0.05) is 12.1 Å². The highest BCUT2D eigenvalue weighted by Gasteiger charge is 2.24. The molecular weight excluding hydrogens is 248 g/mol. The Bertz CT molecular complexity index is 500. The normalized spacial score (nSPS) is 11.4. The van der Waals surface area contributed by atoms with Crippen molar-refractivity contribution in [2.24, 2.45) is 0 Å². The maximum atomic E-state index is 11.7. The van der Waals surface area contributed by atoms with Crippen molar-refractivity contribution in [2.75, 3.05) is 13.2 Å². The fraction of sp³-hybridized carbons (Fsp3) is 0.333. The first-order valence-electron chi connectivity index (χ1n) is 4.83. The molecule has 0 aliphatic carbocycles. The molecule has 0 aliphatic rings. The molecule has 94 valence electrons. The van der Waals surface area contributed by atoms with E-state index in [9.17, 15) is 18.5 Å². The van der Waals surface area contributed by atoms with Gasteiger partial charge in [0.15, 0.2) is 4.90 Å². The predicted molar refractivity (Wildman–Crippen MR) is 60.0 cm³/mol. The topological polar surface area (TPSA) is 110 Å². The quantitative estimate of drug-likeness (QED) is 0.433. The van der Waals surface area contributed by atoms with Crippen molar-refractivity contribution in [3.63, 3.8) is 0 Å². The van der Waals surface area contributed by atoms with Gasteiger partial charge in [-0.2, -0.15) is 0 Å². The Balaban J connectivity index is 3.02. The molecule has 0 saturated carbocycles. The van der Waals surface area contributed by atoms with E-state index in [-0.39, 0.29) is 24.5 Å². The zero-order valence-electron chi connectivity index (χ0n) is 8.87. The van der Waals surface area contributed by atoms with Crippen molar-refractivity contribution in [2.45, 2.75) is 11.3 Å². The Kier molecular flexibility index (Phi) is 4.55. The van der Waals surface area contributed by atoms with Crippen molar-refractivity contribution in [1.82, 2.24) is 4.72 Å². The molecule has 0 atom stereocenters. The predicted octanol–water partition coefficient (Wildman–Crippen LogP) is 0.255. The van der Waals surface area contributed by atoms with E-state index in [4.69, 9.17) is 5.11 Å². The fourth-order valence-corrected chi connectivity index (χ4v) is 2.44. The molecule has 0 bridgehead atoms. The van der Waals surface area contributed by atoms with Crippen LogP contribution in [0.1, 0.15) is 6.42 Å². The number of nitro groups is 1. The maximum absolute atomic E-state index is 11.7. The van der Waals surface area contributed by atoms with Gasteiger partial charge in [-0.3, -0.25) is 10.1 Å². The number of rotatable bonds is 6. The van der Waals surface area contributed by atoms with E-state index >= 15 is 0 Å². The van der Waals surface area contributed by atoms with Crippen molar-refractivity contribution < 1.29 is 18.4 Å². The third kappa shape index (κ3) is 3.48. The third-order valence-corrected chi connectivity index (χ3v) is 3.49. The van der Waals surface area contributed by atoms with E-state index in [0.29, 0.717) is 0 Å². The lowest BCUT2D eigenvalue weighted by Crippen LogP contribution is -2.26. The molecule has 0 saturated heterocycles. The highest BCUT2D eigenvalue weighted by Crippen LogP contribution is 2.22. The minimum absolute atomic E-state index is 0.0326. The number of benzene rings is 1. The highest BCUT2D eigenvalue weighted by atomic mass is 32.2. The summed E-state index contributed by atoms with van der Waals surface area (Å²) in [6.07, 6.45) is 0.250. The van der Waals surface area contributed by atoms with E-state index in [1.807, 2.05) is 0 Å². The molecule has 1 rings (SSSR count). The van der Waals surface area contributed by atoms with E-state index in [2.05, 4.69) is 4.72 Å². The molecule has 1 aromatic carbocycles. The first-order chi connectivity index (χ1) is 7.99. The Morgan fingerprint density at radius 2 is 2.00 bits per heavy atom. The van der Waals surface area contributed by atoms with Crippen LogP contribution in [0.4, 0.5) is 5.69 Å². The van der Waals surface area contributed by atoms with E-state index < -0.39 is 20.6 Å². The van der Waals surface area contributed by atoms with Gasteiger partial charge in [0, 0.05) is 19.2 Å². The van der Waals surface area contributed by atoms with Crippen molar-refractivity contribution >= 4 is 15.7 Å². The van der Waals surface area contributed by atoms with Gasteiger partial charge in [0.1, 0.15) is 0 Å². The van der Waals surface area contributed by atoms with Gasteiger partial charge in [-0.15, -0.1) is 0 Å². The largest absolute Gasteiger partial charge is 0.396 e. The monoisotopic (exact) mass is 260 g/mol. The van der Waals surface area contributed by atoms with Gasteiger partial charge in [0.25, 0.3) is 5.69 Å². The Hall–Kier alpha value is -1.51. The lowest BCUT2D eigenvalue weighted by Gasteiger charge is -2.06. The lowest BCUT2D eigenvalue weighted by atomic mass is 10.3. The summed E-state index contributed by atoms with van der Waals surface area (Å²) in [7, 11) is -3.91. The minimum Gasteiger partial charge on any atom is -0.396 e. The van der Waals surface area contributed by atoms with Gasteiger partial charge in [0.2, 0.25) is 10.0 Å². The zero-order valence-corrected chi connectivity index (χ0v) is 9.68. The van der Waals surface area contributed by atoms with Crippen LogP contribution >= 0.6 is 0 Å². The number of aliphatic hydroxyl groups excluding tert-OH is 1. The molecule has 8 heteroatoms. The van der Waals surface area contributed by atoms with Gasteiger partial charge in [0.05, 0.1) is 4.92 Å². The SMILES string of the molecule is O=[N+]([O-])c1ccccc1S(=O)(=O)NCCCO. The number of sulfonamides is 1. The zero-order chi connectivity index (χ0) is 12.9. The third-order valence-electron chi connectivity index (χ3n) is 1.98. The number of nitrogens with one attached hydrogen (secondary N) is 1. The van der Waals surface area contributed by atoms with Crippen LogP contribution in [0.3, 0.4) is 0 Å². The van der Waals surface area contributed by atoms with Crippen molar-refractivity contribution in [1.29, 1.82) is 0 Å². The number of nitro benzene ring substituents is 1. The fourth-order valence-electron chi connectivity index (χ4n) is 1.20. The molecule has 0 radical (unpaired) electrons. The highest BCUT2D eigenvalue weighted by molar-refractivity contribution is 7.89. The van der Waals surface area contributed by atoms with Crippen LogP contribution in [0.15, 0.2) is 29.2 Å². The summed E-state index contributed by atoms with van der Waals surface area (Å²) in [5, 5.41) is 19.2. The molecule has 1 aromatic rings. The number of nitrogens with zero attached hydrogens (tertiary/aromatic N) is 1. The summed E-state index contributed by atoms with van der Waals surface area (Å²) < 4.78 is 25.6. The first kappa shape index (κ1) is 13.6. The second-order valence-corrected chi connectivity index (χ2v) is 4.94. The van der Waals surface area contributed by atoms with Crippen molar-refractivity contribution in [3.8, 4) is 0 Å². The summed E-state index contributed by atoms with van der Waals surface area (Å²) in [6, 6.07) is 5.10. The number of aliphatic hydroxyl groups is 1. The summed E-state index contributed by atoms with van der Waals surface area (Å²) in [6.45, 7) is -0.121.